The lowest BCUT2D eigenvalue weighted by atomic mass is 10.0. The van der Waals surface area contributed by atoms with Gasteiger partial charge < -0.3 is 10.4 Å². The van der Waals surface area contributed by atoms with Crippen molar-refractivity contribution >= 4 is 0 Å². The maximum absolute atomic E-state index is 13.0. The lowest BCUT2D eigenvalue weighted by Gasteiger charge is -2.21. The Kier molecular flexibility index (Phi) is 4.83. The summed E-state index contributed by atoms with van der Waals surface area (Å²) in [6.45, 7) is 4.27. The van der Waals surface area contributed by atoms with Gasteiger partial charge in [0.15, 0.2) is 0 Å². The van der Waals surface area contributed by atoms with E-state index >= 15 is 0 Å². The molecule has 2 nitrogen and oxygen atoms in total. The molecule has 2 atom stereocenters. The Morgan fingerprint density at radius 1 is 1.25 bits per heavy atom. The molecule has 0 saturated heterocycles. The Bertz CT molecular complexity index is 322. The van der Waals surface area contributed by atoms with Crippen molar-refractivity contribution in [3.63, 3.8) is 0 Å². The molecule has 1 rings (SSSR count). The summed E-state index contributed by atoms with van der Waals surface area (Å²) in [5.74, 6) is -1.25. The van der Waals surface area contributed by atoms with Gasteiger partial charge in [0.1, 0.15) is 11.6 Å². The van der Waals surface area contributed by atoms with E-state index in [-0.39, 0.29) is 0 Å². The van der Waals surface area contributed by atoms with E-state index in [2.05, 4.69) is 5.32 Å². The molecule has 0 unspecified atom stereocenters. The first kappa shape index (κ1) is 13.1. The Morgan fingerprint density at radius 2 is 1.81 bits per heavy atom. The van der Waals surface area contributed by atoms with E-state index in [0.29, 0.717) is 12.1 Å². The molecule has 1 aromatic carbocycles. The molecule has 2 N–H and O–H groups in total. The van der Waals surface area contributed by atoms with E-state index in [1.54, 1.807) is 6.92 Å². The van der Waals surface area contributed by atoms with E-state index in [1.165, 1.54) is 12.1 Å². The van der Waals surface area contributed by atoms with Gasteiger partial charge >= 0.3 is 0 Å². The minimum Gasteiger partial charge on any atom is -0.391 e. The number of hydrogen-bond acceptors (Lipinski definition) is 2. The van der Waals surface area contributed by atoms with Crippen molar-refractivity contribution in [2.45, 2.75) is 32.4 Å². The fourth-order valence-electron chi connectivity index (χ4n) is 1.62. The van der Waals surface area contributed by atoms with Crippen molar-refractivity contribution < 1.29 is 13.9 Å². The molecule has 0 aliphatic heterocycles. The molecule has 4 heteroatoms. The molecule has 0 bridgehead atoms. The summed E-state index contributed by atoms with van der Waals surface area (Å²) in [4.78, 5) is 0. The molecule has 90 valence electrons. The third-order valence-corrected chi connectivity index (χ3v) is 2.34. The molecule has 1 aromatic rings. The molecular weight excluding hydrogens is 212 g/mol. The second-order valence-corrected chi connectivity index (χ2v) is 3.88. The van der Waals surface area contributed by atoms with E-state index in [4.69, 9.17) is 0 Å². The van der Waals surface area contributed by atoms with Crippen LogP contribution in [0, 0.1) is 11.6 Å². The standard InChI is InChI=1S/C12H17F2NO/c1-3-4-15-12(8(2)16)9-5-10(13)7-11(14)6-9/h5-8,12,15-16H,3-4H2,1-2H3/t8-,12+/m0/s1. The van der Waals surface area contributed by atoms with Gasteiger partial charge in [0.2, 0.25) is 0 Å². The van der Waals surface area contributed by atoms with Gasteiger partial charge in [-0.1, -0.05) is 6.92 Å². The van der Waals surface area contributed by atoms with Crippen LogP contribution in [-0.4, -0.2) is 17.8 Å². The number of hydrogen-bond donors (Lipinski definition) is 2. The summed E-state index contributed by atoms with van der Waals surface area (Å²) in [5, 5.41) is 12.6. The monoisotopic (exact) mass is 229 g/mol. The highest BCUT2D eigenvalue weighted by Gasteiger charge is 2.17. The van der Waals surface area contributed by atoms with Crippen molar-refractivity contribution in [3.05, 3.63) is 35.4 Å². The average Bonchev–Trinajstić information content (AvgIpc) is 2.16. The van der Waals surface area contributed by atoms with E-state index in [1.807, 2.05) is 6.92 Å². The predicted molar refractivity (Wildman–Crippen MR) is 59.1 cm³/mol. The highest BCUT2D eigenvalue weighted by Crippen LogP contribution is 2.19. The Hall–Kier alpha value is -1.00. The number of nitrogens with one attached hydrogen (secondary N) is 1. The lowest BCUT2D eigenvalue weighted by molar-refractivity contribution is 0.145. The molecule has 0 heterocycles. The highest BCUT2D eigenvalue weighted by molar-refractivity contribution is 5.22. The topological polar surface area (TPSA) is 32.3 Å². The summed E-state index contributed by atoms with van der Waals surface area (Å²) in [5.41, 5.74) is 0.431. The second kappa shape index (κ2) is 5.92. The zero-order chi connectivity index (χ0) is 12.1. The largest absolute Gasteiger partial charge is 0.391 e. The SMILES string of the molecule is CCCN[C@@H](c1cc(F)cc(F)c1)[C@H](C)O. The van der Waals surface area contributed by atoms with Crippen LogP contribution in [0.15, 0.2) is 18.2 Å². The quantitative estimate of drug-likeness (QED) is 0.812. The van der Waals surface area contributed by atoms with Gasteiger partial charge in [-0.15, -0.1) is 0 Å². The van der Waals surface area contributed by atoms with E-state index < -0.39 is 23.8 Å². The van der Waals surface area contributed by atoms with Crippen LogP contribution in [0.4, 0.5) is 8.78 Å². The van der Waals surface area contributed by atoms with Gasteiger partial charge in [0, 0.05) is 6.07 Å². The van der Waals surface area contributed by atoms with Crippen molar-refractivity contribution in [1.29, 1.82) is 0 Å². The first-order chi connectivity index (χ1) is 7.54. The summed E-state index contributed by atoms with van der Waals surface area (Å²) in [6.07, 6.45) is 0.189. The number of benzene rings is 1. The van der Waals surface area contributed by atoms with Crippen LogP contribution in [0.25, 0.3) is 0 Å². The first-order valence-electron chi connectivity index (χ1n) is 5.42. The second-order valence-electron chi connectivity index (χ2n) is 3.88. The van der Waals surface area contributed by atoms with Crippen molar-refractivity contribution in [2.24, 2.45) is 0 Å². The summed E-state index contributed by atoms with van der Waals surface area (Å²) >= 11 is 0. The third kappa shape index (κ3) is 3.54. The molecule has 0 aliphatic rings. The molecule has 0 radical (unpaired) electrons. The lowest BCUT2D eigenvalue weighted by Crippen LogP contribution is -2.30. The molecule has 0 amide bonds. The van der Waals surface area contributed by atoms with Gasteiger partial charge in [-0.05, 0) is 37.6 Å². The fourth-order valence-corrected chi connectivity index (χ4v) is 1.62. The van der Waals surface area contributed by atoms with Crippen molar-refractivity contribution in [1.82, 2.24) is 5.32 Å². The molecule has 0 aromatic heterocycles. The number of aliphatic hydroxyl groups is 1. The molecule has 0 spiro atoms. The van der Waals surface area contributed by atoms with Crippen LogP contribution in [0.2, 0.25) is 0 Å². The Labute approximate surface area is 94.3 Å². The van der Waals surface area contributed by atoms with Crippen LogP contribution in [-0.2, 0) is 0 Å². The normalized spacial score (nSPS) is 14.8. The number of rotatable bonds is 5. The summed E-state index contributed by atoms with van der Waals surface area (Å²) < 4.78 is 26.0. The van der Waals surface area contributed by atoms with Crippen molar-refractivity contribution in [2.75, 3.05) is 6.54 Å². The number of aliphatic hydroxyl groups excluding tert-OH is 1. The van der Waals surface area contributed by atoms with Gasteiger partial charge in [-0.2, -0.15) is 0 Å². The molecular formula is C12H17F2NO. The Morgan fingerprint density at radius 3 is 2.25 bits per heavy atom. The Balaban J connectivity index is 2.91. The maximum atomic E-state index is 13.0. The van der Waals surface area contributed by atoms with E-state index in [9.17, 15) is 13.9 Å². The minimum absolute atomic E-state index is 0.431. The molecule has 16 heavy (non-hydrogen) atoms. The minimum atomic E-state index is -0.701. The van der Waals surface area contributed by atoms with Gasteiger partial charge in [0.25, 0.3) is 0 Å². The van der Waals surface area contributed by atoms with Gasteiger partial charge in [-0.25, -0.2) is 8.78 Å². The zero-order valence-corrected chi connectivity index (χ0v) is 9.50. The summed E-state index contributed by atoms with van der Waals surface area (Å²) in [7, 11) is 0. The smallest absolute Gasteiger partial charge is 0.126 e. The van der Waals surface area contributed by atoms with Crippen LogP contribution in [0.5, 0.6) is 0 Å². The van der Waals surface area contributed by atoms with Gasteiger partial charge in [0.05, 0.1) is 12.1 Å². The third-order valence-electron chi connectivity index (χ3n) is 2.34. The maximum Gasteiger partial charge on any atom is 0.126 e. The fraction of sp³-hybridized carbons (Fsp3) is 0.500. The highest BCUT2D eigenvalue weighted by atomic mass is 19.1. The predicted octanol–water partition coefficient (Wildman–Crippen LogP) is 2.39. The van der Waals surface area contributed by atoms with Crippen LogP contribution in [0.3, 0.4) is 0 Å². The van der Waals surface area contributed by atoms with Crippen LogP contribution in [0.1, 0.15) is 31.9 Å². The molecule has 0 aliphatic carbocycles. The average molecular weight is 229 g/mol. The molecule has 0 saturated carbocycles. The molecule has 0 fully saturated rings. The van der Waals surface area contributed by atoms with Gasteiger partial charge in [-0.3, -0.25) is 0 Å². The number of halogens is 2. The van der Waals surface area contributed by atoms with Crippen molar-refractivity contribution in [3.8, 4) is 0 Å². The van der Waals surface area contributed by atoms with Crippen LogP contribution < -0.4 is 5.32 Å². The van der Waals surface area contributed by atoms with E-state index in [0.717, 1.165) is 12.5 Å². The first-order valence-corrected chi connectivity index (χ1v) is 5.42. The summed E-state index contributed by atoms with van der Waals surface area (Å²) in [6, 6.07) is 2.86. The van der Waals surface area contributed by atoms with Crippen LogP contribution >= 0.6 is 0 Å². The zero-order valence-electron chi connectivity index (χ0n) is 9.50.